The van der Waals surface area contributed by atoms with Gasteiger partial charge in [0, 0.05) is 43.8 Å². The fraction of sp³-hybridized carbons (Fsp3) is 0.133. The summed E-state index contributed by atoms with van der Waals surface area (Å²) < 4.78 is 37.4. The number of aryl methyl sites for hydroxylation is 1. The van der Waals surface area contributed by atoms with Crippen LogP contribution in [0.25, 0.3) is 11.0 Å². The van der Waals surface area contributed by atoms with Crippen molar-refractivity contribution in [3.05, 3.63) is 55.3 Å². The van der Waals surface area contributed by atoms with Crippen LogP contribution in [0.4, 0.5) is 13.2 Å². The molecular weight excluding hydrogens is 400 g/mol. The molecule has 0 spiro atoms. The Morgan fingerprint density at radius 2 is 1.87 bits per heavy atom. The molecule has 1 aromatic carbocycles. The van der Waals surface area contributed by atoms with Crippen LogP contribution in [0.1, 0.15) is 11.4 Å². The molecule has 0 saturated heterocycles. The number of pyridine rings is 1. The zero-order valence-corrected chi connectivity index (χ0v) is 16.1. The fourth-order valence-electron chi connectivity index (χ4n) is 1.85. The molecular formula is C15H12F3N3SY-2. The van der Waals surface area contributed by atoms with Crippen LogP contribution in [0.3, 0.4) is 0 Å². The Labute approximate surface area is 161 Å². The van der Waals surface area contributed by atoms with E-state index in [2.05, 4.69) is 15.0 Å². The Bertz CT molecular complexity index is 785. The Balaban J connectivity index is 0.00000132. The maximum Gasteiger partial charge on any atom is 0.417 e. The van der Waals surface area contributed by atoms with E-state index >= 15 is 0 Å². The third-order valence-electron chi connectivity index (χ3n) is 2.80. The minimum atomic E-state index is -4.36. The second-order valence-corrected chi connectivity index (χ2v) is 5.50. The molecule has 1 radical (unpaired) electrons. The van der Waals surface area contributed by atoms with Gasteiger partial charge in [0.1, 0.15) is 5.03 Å². The Hall–Kier alpha value is -0.916. The molecule has 2 heterocycles. The van der Waals surface area contributed by atoms with Gasteiger partial charge in [0.05, 0.1) is 5.56 Å². The Morgan fingerprint density at radius 1 is 1.13 bits per heavy atom. The molecule has 0 atom stereocenters. The standard InChI is InChI=1S/C14H9F3N3S.CH3.Y/c1-8-19-11-4-3-10(6-12(11)20-8)21-13-5-2-9(7-18-13)14(15,16)17;;/h2-7H,1H3;1H3;/q2*-1;. The van der Waals surface area contributed by atoms with Gasteiger partial charge in [-0.1, -0.05) is 23.7 Å². The third-order valence-corrected chi connectivity index (χ3v) is 3.74. The average Bonchev–Trinajstić information content (AvgIpc) is 2.78. The molecule has 3 nitrogen and oxygen atoms in total. The number of hydrogen-bond donors (Lipinski definition) is 0. The largest absolute Gasteiger partial charge is 0.440 e. The van der Waals surface area contributed by atoms with Crippen LogP contribution in [0, 0.1) is 14.4 Å². The van der Waals surface area contributed by atoms with Gasteiger partial charge in [-0.15, -0.1) is 0 Å². The van der Waals surface area contributed by atoms with Gasteiger partial charge in [-0.3, -0.25) is 0 Å². The third kappa shape index (κ3) is 4.78. The number of fused-ring (bicyclic) bond motifs is 1. The van der Waals surface area contributed by atoms with E-state index in [1.807, 2.05) is 25.1 Å². The molecule has 0 aliphatic carbocycles. The molecule has 23 heavy (non-hydrogen) atoms. The number of imidazole rings is 1. The van der Waals surface area contributed by atoms with Crippen molar-refractivity contribution >= 4 is 22.8 Å². The smallest absolute Gasteiger partial charge is 0.417 e. The van der Waals surface area contributed by atoms with Crippen LogP contribution in [0.2, 0.25) is 0 Å². The molecule has 0 aliphatic heterocycles. The molecule has 119 valence electrons. The van der Waals surface area contributed by atoms with Crippen LogP contribution in [-0.4, -0.2) is 9.97 Å². The summed E-state index contributed by atoms with van der Waals surface area (Å²) in [6.45, 7) is 1.81. The summed E-state index contributed by atoms with van der Waals surface area (Å²) in [5.74, 6) is 0.694. The van der Waals surface area contributed by atoms with Gasteiger partial charge in [0.25, 0.3) is 0 Å². The van der Waals surface area contributed by atoms with Crippen LogP contribution in [0.15, 0.2) is 46.5 Å². The van der Waals surface area contributed by atoms with Crippen molar-refractivity contribution in [2.45, 2.75) is 23.0 Å². The van der Waals surface area contributed by atoms with Gasteiger partial charge in [0.15, 0.2) is 0 Å². The molecule has 8 heteroatoms. The van der Waals surface area contributed by atoms with Crippen molar-refractivity contribution in [1.29, 1.82) is 0 Å². The van der Waals surface area contributed by atoms with Gasteiger partial charge in [0.2, 0.25) is 0 Å². The number of rotatable bonds is 2. The summed E-state index contributed by atoms with van der Waals surface area (Å²) in [6, 6.07) is 7.92. The first-order valence-corrected chi connectivity index (χ1v) is 6.86. The van der Waals surface area contributed by atoms with Crippen molar-refractivity contribution in [2.24, 2.45) is 0 Å². The van der Waals surface area contributed by atoms with Crippen molar-refractivity contribution in [2.75, 3.05) is 0 Å². The average molecular weight is 412 g/mol. The maximum absolute atomic E-state index is 12.5. The molecule has 0 fully saturated rings. The van der Waals surface area contributed by atoms with Crippen molar-refractivity contribution < 1.29 is 45.9 Å². The van der Waals surface area contributed by atoms with Gasteiger partial charge >= 0.3 is 6.18 Å². The van der Waals surface area contributed by atoms with E-state index in [9.17, 15) is 13.2 Å². The van der Waals surface area contributed by atoms with E-state index in [4.69, 9.17) is 0 Å². The second kappa shape index (κ2) is 7.77. The van der Waals surface area contributed by atoms with Crippen molar-refractivity contribution in [3.63, 3.8) is 0 Å². The van der Waals surface area contributed by atoms with Crippen molar-refractivity contribution in [1.82, 2.24) is 15.0 Å². The molecule has 2 aromatic heterocycles. The SMILES string of the molecule is Cc1nc2ccc(Sc3ccc(C(F)(F)F)cn3)cc2[n-]1.[CH3-].[Y]. The summed E-state index contributed by atoms with van der Waals surface area (Å²) in [5.41, 5.74) is 0.821. The van der Waals surface area contributed by atoms with E-state index in [0.29, 0.717) is 10.9 Å². The fourth-order valence-corrected chi connectivity index (χ4v) is 2.64. The van der Waals surface area contributed by atoms with Crippen LogP contribution in [0.5, 0.6) is 0 Å². The van der Waals surface area contributed by atoms with Gasteiger partial charge in [-0.2, -0.15) is 13.2 Å². The predicted octanol–water partition coefficient (Wildman–Crippen LogP) is 4.51. The minimum Gasteiger partial charge on any atom is -0.440 e. The van der Waals surface area contributed by atoms with E-state index < -0.39 is 11.7 Å². The van der Waals surface area contributed by atoms with E-state index in [1.165, 1.54) is 17.8 Å². The molecule has 3 rings (SSSR count). The van der Waals surface area contributed by atoms with Crippen LogP contribution in [-0.2, 0) is 38.9 Å². The molecule has 3 aromatic rings. The molecule has 0 saturated carbocycles. The van der Waals surface area contributed by atoms with E-state index in [0.717, 1.165) is 28.2 Å². The zero-order chi connectivity index (χ0) is 15.0. The van der Waals surface area contributed by atoms with Crippen LogP contribution >= 0.6 is 11.8 Å². The maximum atomic E-state index is 12.5. The Kier molecular flexibility index (Phi) is 6.80. The van der Waals surface area contributed by atoms with E-state index in [1.54, 1.807) is 0 Å². The summed E-state index contributed by atoms with van der Waals surface area (Å²) in [7, 11) is 0. The number of halogens is 3. The second-order valence-electron chi connectivity index (χ2n) is 4.41. The van der Waals surface area contributed by atoms with Gasteiger partial charge in [-0.25, -0.2) is 4.98 Å². The molecule has 0 amide bonds. The first-order valence-electron chi connectivity index (χ1n) is 6.04. The normalized spacial score (nSPS) is 11.0. The molecule has 0 N–H and O–H groups in total. The monoisotopic (exact) mass is 412 g/mol. The first kappa shape index (κ1) is 20.1. The topological polar surface area (TPSA) is 39.9 Å². The summed E-state index contributed by atoms with van der Waals surface area (Å²) in [4.78, 5) is 13.2. The molecule has 0 unspecified atom stereocenters. The number of benzene rings is 1. The van der Waals surface area contributed by atoms with Gasteiger partial charge < -0.3 is 17.4 Å². The van der Waals surface area contributed by atoms with E-state index in [-0.39, 0.29) is 40.1 Å². The number of aromatic nitrogens is 3. The number of hydrogen-bond acceptors (Lipinski definition) is 3. The van der Waals surface area contributed by atoms with Gasteiger partial charge in [-0.05, 0) is 42.2 Å². The predicted molar refractivity (Wildman–Crippen MR) is 79.6 cm³/mol. The Morgan fingerprint density at radius 3 is 2.48 bits per heavy atom. The zero-order valence-electron chi connectivity index (χ0n) is 12.4. The summed E-state index contributed by atoms with van der Waals surface area (Å²) in [6.07, 6.45) is -3.52. The summed E-state index contributed by atoms with van der Waals surface area (Å²) >= 11 is 1.28. The molecule has 0 bridgehead atoms. The quantitative estimate of drug-likeness (QED) is 0.581. The first-order chi connectivity index (χ1) is 9.91. The molecule has 0 aliphatic rings. The van der Waals surface area contributed by atoms with Crippen molar-refractivity contribution in [3.8, 4) is 0 Å². The number of nitrogens with zero attached hydrogens (tertiary/aromatic N) is 3. The minimum absolute atomic E-state index is 0. The van der Waals surface area contributed by atoms with Crippen LogP contribution < -0.4 is 4.98 Å². The summed E-state index contributed by atoms with van der Waals surface area (Å²) in [5, 5.41) is 0.499. The number of alkyl halides is 3.